The Balaban J connectivity index is 1.77. The number of nitrogens with one attached hydrogen (secondary N) is 2. The number of carbonyl (C=O) groups is 1. The summed E-state index contributed by atoms with van der Waals surface area (Å²) < 4.78 is 0. The third-order valence-corrected chi connectivity index (χ3v) is 3.99. The summed E-state index contributed by atoms with van der Waals surface area (Å²) in [4.78, 5) is 12.2. The summed E-state index contributed by atoms with van der Waals surface area (Å²) in [6.45, 7) is 0.901. The van der Waals surface area contributed by atoms with Crippen LogP contribution in [0.1, 0.15) is 37.3 Å². The van der Waals surface area contributed by atoms with Crippen LogP contribution in [0.25, 0.3) is 0 Å². The van der Waals surface area contributed by atoms with Crippen molar-refractivity contribution >= 4 is 5.91 Å². The highest BCUT2D eigenvalue weighted by atomic mass is 16.2. The van der Waals surface area contributed by atoms with E-state index in [-0.39, 0.29) is 17.5 Å². The highest BCUT2D eigenvalue weighted by Crippen LogP contribution is 2.32. The molecule has 1 aromatic rings. The van der Waals surface area contributed by atoms with E-state index in [0.717, 1.165) is 24.9 Å². The Morgan fingerprint density at radius 2 is 1.82 bits per heavy atom. The lowest BCUT2D eigenvalue weighted by Gasteiger charge is -2.38. The summed E-state index contributed by atoms with van der Waals surface area (Å²) in [5.74, 6) is 0.129. The maximum absolute atomic E-state index is 12.2. The molecule has 0 bridgehead atoms. The zero-order chi connectivity index (χ0) is 11.7. The molecule has 3 rings (SSSR count). The lowest BCUT2D eigenvalue weighted by Crippen LogP contribution is -2.61. The molecular formula is C14H18N2O. The summed E-state index contributed by atoms with van der Waals surface area (Å²) in [6.07, 6.45) is 4.70. The minimum atomic E-state index is -0.178. The monoisotopic (exact) mass is 230 g/mol. The topological polar surface area (TPSA) is 41.1 Å². The molecule has 0 aromatic heterocycles. The number of carbonyl (C=O) groups excluding carboxylic acids is 1. The van der Waals surface area contributed by atoms with Gasteiger partial charge in [-0.25, -0.2) is 0 Å². The molecular weight excluding hydrogens is 212 g/mol. The molecule has 3 nitrogen and oxygen atoms in total. The standard InChI is InChI=1S/C14H18N2O/c17-13-12(11-6-2-1-3-7-11)15-10-14(16-13)8-4-5-9-14/h1-3,6-7,12,15H,4-5,8-10H2,(H,16,17). The lowest BCUT2D eigenvalue weighted by molar-refractivity contribution is -0.127. The van der Waals surface area contributed by atoms with E-state index >= 15 is 0 Å². The second-order valence-corrected chi connectivity index (χ2v) is 5.20. The summed E-state index contributed by atoms with van der Waals surface area (Å²) in [5, 5.41) is 6.64. The summed E-state index contributed by atoms with van der Waals surface area (Å²) in [7, 11) is 0. The number of benzene rings is 1. The lowest BCUT2D eigenvalue weighted by atomic mass is 9.92. The average molecular weight is 230 g/mol. The molecule has 2 N–H and O–H groups in total. The van der Waals surface area contributed by atoms with Gasteiger partial charge < -0.3 is 5.32 Å². The van der Waals surface area contributed by atoms with Gasteiger partial charge >= 0.3 is 0 Å². The summed E-state index contributed by atoms with van der Waals surface area (Å²) in [5.41, 5.74) is 1.10. The van der Waals surface area contributed by atoms with Crippen LogP contribution in [-0.4, -0.2) is 18.0 Å². The Kier molecular flexibility index (Phi) is 2.63. The molecule has 1 saturated heterocycles. The van der Waals surface area contributed by atoms with E-state index in [9.17, 15) is 4.79 Å². The summed E-state index contributed by atoms with van der Waals surface area (Å²) >= 11 is 0. The third kappa shape index (κ3) is 1.95. The second kappa shape index (κ2) is 4.15. The summed E-state index contributed by atoms with van der Waals surface area (Å²) in [6, 6.07) is 9.76. The van der Waals surface area contributed by atoms with Crippen LogP contribution < -0.4 is 10.6 Å². The van der Waals surface area contributed by atoms with Crippen molar-refractivity contribution in [3.05, 3.63) is 35.9 Å². The van der Waals surface area contributed by atoms with Crippen LogP contribution in [0.2, 0.25) is 0 Å². The third-order valence-electron chi connectivity index (χ3n) is 3.99. The fourth-order valence-corrected chi connectivity index (χ4v) is 3.04. The van der Waals surface area contributed by atoms with E-state index in [1.807, 2.05) is 30.3 Å². The van der Waals surface area contributed by atoms with Gasteiger partial charge in [-0.1, -0.05) is 43.2 Å². The molecule has 2 fully saturated rings. The van der Waals surface area contributed by atoms with Crippen molar-refractivity contribution in [3.8, 4) is 0 Å². The number of amides is 1. The molecule has 1 aliphatic carbocycles. The average Bonchev–Trinajstić information content (AvgIpc) is 2.79. The molecule has 1 atom stereocenters. The van der Waals surface area contributed by atoms with Gasteiger partial charge in [-0.2, -0.15) is 0 Å². The van der Waals surface area contributed by atoms with Gasteiger partial charge in [0.15, 0.2) is 0 Å². The van der Waals surface area contributed by atoms with E-state index < -0.39 is 0 Å². The first-order chi connectivity index (χ1) is 8.29. The van der Waals surface area contributed by atoms with E-state index in [2.05, 4.69) is 10.6 Å². The number of hydrogen-bond donors (Lipinski definition) is 2. The normalized spacial score (nSPS) is 27.1. The van der Waals surface area contributed by atoms with Gasteiger partial charge in [0, 0.05) is 6.54 Å². The minimum Gasteiger partial charge on any atom is -0.348 e. The Bertz CT molecular complexity index is 409. The van der Waals surface area contributed by atoms with E-state index in [0.29, 0.717) is 0 Å². The quantitative estimate of drug-likeness (QED) is 0.772. The molecule has 1 aliphatic heterocycles. The van der Waals surface area contributed by atoms with Crippen LogP contribution in [0.15, 0.2) is 30.3 Å². The van der Waals surface area contributed by atoms with Gasteiger partial charge in [-0.05, 0) is 18.4 Å². The van der Waals surface area contributed by atoms with Crippen molar-refractivity contribution in [2.75, 3.05) is 6.54 Å². The molecule has 1 saturated carbocycles. The molecule has 0 radical (unpaired) electrons. The zero-order valence-corrected chi connectivity index (χ0v) is 9.91. The maximum atomic E-state index is 12.2. The van der Waals surface area contributed by atoms with E-state index in [1.54, 1.807) is 0 Å². The maximum Gasteiger partial charge on any atom is 0.242 e. The molecule has 3 heteroatoms. The Morgan fingerprint density at radius 3 is 2.47 bits per heavy atom. The van der Waals surface area contributed by atoms with Crippen molar-refractivity contribution in [1.29, 1.82) is 0 Å². The van der Waals surface area contributed by atoms with Crippen molar-refractivity contribution in [3.63, 3.8) is 0 Å². The van der Waals surface area contributed by atoms with Gasteiger partial charge in [-0.15, -0.1) is 0 Å². The largest absolute Gasteiger partial charge is 0.348 e. The smallest absolute Gasteiger partial charge is 0.242 e. The fraction of sp³-hybridized carbons (Fsp3) is 0.500. The first-order valence-corrected chi connectivity index (χ1v) is 6.40. The van der Waals surface area contributed by atoms with Crippen molar-refractivity contribution in [2.45, 2.75) is 37.3 Å². The first kappa shape index (κ1) is 10.8. The first-order valence-electron chi connectivity index (χ1n) is 6.40. The zero-order valence-electron chi connectivity index (χ0n) is 9.91. The van der Waals surface area contributed by atoms with Crippen molar-refractivity contribution in [1.82, 2.24) is 10.6 Å². The molecule has 1 aromatic carbocycles. The molecule has 17 heavy (non-hydrogen) atoms. The van der Waals surface area contributed by atoms with Gasteiger partial charge in [-0.3, -0.25) is 10.1 Å². The fourth-order valence-electron chi connectivity index (χ4n) is 3.04. The number of piperazine rings is 1. The highest BCUT2D eigenvalue weighted by molar-refractivity contribution is 5.84. The van der Waals surface area contributed by atoms with E-state index in [1.165, 1.54) is 12.8 Å². The molecule has 1 spiro atoms. The Hall–Kier alpha value is -1.35. The van der Waals surface area contributed by atoms with Crippen LogP contribution in [0.5, 0.6) is 0 Å². The Labute approximate surface area is 102 Å². The van der Waals surface area contributed by atoms with Crippen LogP contribution in [0.3, 0.4) is 0 Å². The van der Waals surface area contributed by atoms with Gasteiger partial charge in [0.2, 0.25) is 5.91 Å². The van der Waals surface area contributed by atoms with Crippen LogP contribution in [0.4, 0.5) is 0 Å². The van der Waals surface area contributed by atoms with Crippen molar-refractivity contribution in [2.24, 2.45) is 0 Å². The molecule has 1 unspecified atom stereocenters. The SMILES string of the molecule is O=C1NC2(CCCC2)CNC1c1ccccc1. The molecule has 2 aliphatic rings. The van der Waals surface area contributed by atoms with Crippen LogP contribution in [-0.2, 0) is 4.79 Å². The van der Waals surface area contributed by atoms with E-state index in [4.69, 9.17) is 0 Å². The predicted octanol–water partition coefficient (Wildman–Crippen LogP) is 1.76. The molecule has 90 valence electrons. The van der Waals surface area contributed by atoms with Crippen LogP contribution >= 0.6 is 0 Å². The molecule has 1 heterocycles. The second-order valence-electron chi connectivity index (χ2n) is 5.20. The van der Waals surface area contributed by atoms with Crippen molar-refractivity contribution < 1.29 is 4.79 Å². The van der Waals surface area contributed by atoms with Crippen LogP contribution in [0, 0.1) is 0 Å². The van der Waals surface area contributed by atoms with Gasteiger partial charge in [0.1, 0.15) is 6.04 Å². The number of rotatable bonds is 1. The highest BCUT2D eigenvalue weighted by Gasteiger charge is 2.41. The predicted molar refractivity (Wildman–Crippen MR) is 66.5 cm³/mol. The Morgan fingerprint density at radius 1 is 1.12 bits per heavy atom. The molecule has 1 amide bonds. The number of hydrogen-bond acceptors (Lipinski definition) is 2. The van der Waals surface area contributed by atoms with Gasteiger partial charge in [0.25, 0.3) is 0 Å². The van der Waals surface area contributed by atoms with Gasteiger partial charge in [0.05, 0.1) is 5.54 Å². The minimum absolute atomic E-state index is 0.0440.